The molecule has 3 unspecified atom stereocenters. The van der Waals surface area contributed by atoms with Gasteiger partial charge in [-0.15, -0.1) is 0 Å². The van der Waals surface area contributed by atoms with E-state index < -0.39 is 0 Å². The number of hydrogen-bond acceptors (Lipinski definition) is 5. The molecular weight excluding hydrogens is 242 g/mol. The monoisotopic (exact) mass is 265 g/mol. The topological polar surface area (TPSA) is 56.3 Å². The van der Waals surface area contributed by atoms with Crippen LogP contribution in [0, 0.1) is 11.8 Å². The summed E-state index contributed by atoms with van der Waals surface area (Å²) >= 11 is 0. The third-order valence-electron chi connectivity index (χ3n) is 4.26. The summed E-state index contributed by atoms with van der Waals surface area (Å²) in [7, 11) is 3.23. The number of hydrogen-bond donors (Lipinski definition) is 1. The predicted molar refractivity (Wildman–Crippen MR) is 73.3 cm³/mol. The fourth-order valence-corrected chi connectivity index (χ4v) is 2.77. The summed E-state index contributed by atoms with van der Waals surface area (Å²) in [6.45, 7) is 5.30. The molecule has 1 aliphatic rings. The van der Waals surface area contributed by atoms with E-state index in [1.165, 1.54) is 19.2 Å². The fourth-order valence-electron chi connectivity index (χ4n) is 2.77. The predicted octanol–water partition coefficient (Wildman–Crippen LogP) is 2.02. The van der Waals surface area contributed by atoms with Crippen LogP contribution < -0.4 is 14.8 Å². The van der Waals surface area contributed by atoms with Crippen molar-refractivity contribution in [2.24, 2.45) is 11.8 Å². The number of nitrogens with zero attached hydrogens (tertiary/aromatic N) is 2. The van der Waals surface area contributed by atoms with Crippen LogP contribution in [0.25, 0.3) is 0 Å². The Kier molecular flexibility index (Phi) is 4.58. The van der Waals surface area contributed by atoms with Gasteiger partial charge in [-0.05, 0) is 24.7 Å². The van der Waals surface area contributed by atoms with Gasteiger partial charge in [-0.2, -0.15) is 0 Å². The Balaban J connectivity index is 2.06. The van der Waals surface area contributed by atoms with Crippen molar-refractivity contribution in [3.63, 3.8) is 0 Å². The molecule has 106 valence electrons. The minimum atomic E-state index is 0.546. The molecule has 0 aliphatic heterocycles. The average Bonchev–Trinajstić information content (AvgIpc) is 2.76. The molecule has 5 heteroatoms. The Morgan fingerprint density at radius 1 is 1.16 bits per heavy atom. The molecule has 1 aliphatic carbocycles. The van der Waals surface area contributed by atoms with Gasteiger partial charge in [0.25, 0.3) is 0 Å². The maximum atomic E-state index is 5.28. The van der Waals surface area contributed by atoms with Crippen molar-refractivity contribution in [3.05, 3.63) is 11.9 Å². The number of nitrogens with one attached hydrogen (secondary N) is 1. The highest BCUT2D eigenvalue weighted by molar-refractivity contribution is 5.34. The first-order valence-electron chi connectivity index (χ1n) is 6.82. The second kappa shape index (κ2) is 6.19. The molecule has 1 N–H and O–H groups in total. The fraction of sp³-hybridized carbons (Fsp3) is 0.714. The lowest BCUT2D eigenvalue weighted by Gasteiger charge is -2.20. The zero-order valence-electron chi connectivity index (χ0n) is 12.1. The van der Waals surface area contributed by atoms with Crippen LogP contribution in [0.3, 0.4) is 0 Å². The molecule has 0 saturated heterocycles. The smallest absolute Gasteiger partial charge is 0.224 e. The van der Waals surface area contributed by atoms with Crippen LogP contribution in [-0.2, 0) is 6.54 Å². The van der Waals surface area contributed by atoms with Gasteiger partial charge in [0.1, 0.15) is 6.33 Å². The van der Waals surface area contributed by atoms with Crippen LogP contribution >= 0.6 is 0 Å². The first-order valence-corrected chi connectivity index (χ1v) is 6.82. The SMILES string of the molecule is COc1ncnc(OC)c1CNC1CCC(C)C1C. The van der Waals surface area contributed by atoms with E-state index in [-0.39, 0.29) is 0 Å². The van der Waals surface area contributed by atoms with Gasteiger partial charge in [0.15, 0.2) is 0 Å². The molecule has 0 radical (unpaired) electrons. The minimum absolute atomic E-state index is 0.546. The maximum absolute atomic E-state index is 5.28. The largest absolute Gasteiger partial charge is 0.481 e. The summed E-state index contributed by atoms with van der Waals surface area (Å²) in [5, 5.41) is 3.59. The summed E-state index contributed by atoms with van der Waals surface area (Å²) in [5.41, 5.74) is 0.888. The van der Waals surface area contributed by atoms with Crippen molar-refractivity contribution in [1.29, 1.82) is 0 Å². The molecule has 3 atom stereocenters. The molecule has 1 saturated carbocycles. The summed E-state index contributed by atoms with van der Waals surface area (Å²) in [6, 6.07) is 0.546. The molecule has 1 aromatic rings. The Bertz CT molecular complexity index is 403. The highest BCUT2D eigenvalue weighted by Gasteiger charge is 2.29. The van der Waals surface area contributed by atoms with Crippen LogP contribution in [0.5, 0.6) is 11.8 Å². The molecule has 0 bridgehead atoms. The maximum Gasteiger partial charge on any atom is 0.224 e. The average molecular weight is 265 g/mol. The van der Waals surface area contributed by atoms with E-state index in [2.05, 4.69) is 29.1 Å². The first-order chi connectivity index (χ1) is 9.17. The lowest BCUT2D eigenvalue weighted by atomic mass is 9.98. The Hall–Kier alpha value is -1.36. The third kappa shape index (κ3) is 2.97. The zero-order valence-corrected chi connectivity index (χ0v) is 12.1. The molecule has 2 rings (SSSR count). The van der Waals surface area contributed by atoms with Gasteiger partial charge in [0.2, 0.25) is 11.8 Å². The van der Waals surface area contributed by atoms with E-state index >= 15 is 0 Å². The van der Waals surface area contributed by atoms with E-state index in [4.69, 9.17) is 9.47 Å². The third-order valence-corrected chi connectivity index (χ3v) is 4.26. The van der Waals surface area contributed by atoms with Gasteiger partial charge < -0.3 is 14.8 Å². The highest BCUT2D eigenvalue weighted by atomic mass is 16.5. The molecular formula is C14H23N3O2. The van der Waals surface area contributed by atoms with Gasteiger partial charge in [-0.1, -0.05) is 13.8 Å². The molecule has 5 nitrogen and oxygen atoms in total. The highest BCUT2D eigenvalue weighted by Crippen LogP contribution is 2.32. The van der Waals surface area contributed by atoms with Gasteiger partial charge in [0, 0.05) is 12.6 Å². The zero-order chi connectivity index (χ0) is 13.8. The van der Waals surface area contributed by atoms with Crippen LogP contribution in [0.15, 0.2) is 6.33 Å². The van der Waals surface area contributed by atoms with Crippen molar-refractivity contribution in [3.8, 4) is 11.8 Å². The van der Waals surface area contributed by atoms with Crippen LogP contribution in [0.4, 0.5) is 0 Å². The summed E-state index contributed by atoms with van der Waals surface area (Å²) in [4.78, 5) is 8.26. The van der Waals surface area contributed by atoms with E-state index in [1.54, 1.807) is 14.2 Å². The van der Waals surface area contributed by atoms with E-state index in [1.807, 2.05) is 0 Å². The van der Waals surface area contributed by atoms with Gasteiger partial charge in [-0.3, -0.25) is 0 Å². The second-order valence-electron chi connectivity index (χ2n) is 5.27. The molecule has 1 heterocycles. The van der Waals surface area contributed by atoms with Crippen molar-refractivity contribution in [2.75, 3.05) is 14.2 Å². The van der Waals surface area contributed by atoms with Crippen molar-refractivity contribution in [2.45, 2.75) is 39.3 Å². The Labute approximate surface area is 114 Å². The second-order valence-corrected chi connectivity index (χ2v) is 5.27. The minimum Gasteiger partial charge on any atom is -0.481 e. The van der Waals surface area contributed by atoms with Crippen LogP contribution in [-0.4, -0.2) is 30.2 Å². The lowest BCUT2D eigenvalue weighted by molar-refractivity contribution is 0.342. The summed E-state index contributed by atoms with van der Waals surface area (Å²) in [5.74, 6) is 2.64. The molecule has 1 aromatic heterocycles. The van der Waals surface area contributed by atoms with Crippen LogP contribution in [0.1, 0.15) is 32.3 Å². The van der Waals surface area contributed by atoms with Gasteiger partial charge in [-0.25, -0.2) is 9.97 Å². The summed E-state index contributed by atoms with van der Waals surface area (Å²) in [6.07, 6.45) is 3.97. The van der Waals surface area contributed by atoms with E-state index in [0.717, 1.165) is 11.5 Å². The molecule has 1 fully saturated rings. The van der Waals surface area contributed by atoms with Crippen molar-refractivity contribution < 1.29 is 9.47 Å². The van der Waals surface area contributed by atoms with E-state index in [0.29, 0.717) is 30.3 Å². The van der Waals surface area contributed by atoms with Crippen LogP contribution in [0.2, 0.25) is 0 Å². The Morgan fingerprint density at radius 2 is 1.79 bits per heavy atom. The van der Waals surface area contributed by atoms with Gasteiger partial charge in [0.05, 0.1) is 19.8 Å². The number of methoxy groups -OCH3 is 2. The number of ether oxygens (including phenoxy) is 2. The molecule has 0 aromatic carbocycles. The molecule has 0 spiro atoms. The number of aromatic nitrogens is 2. The normalized spacial score (nSPS) is 26.4. The van der Waals surface area contributed by atoms with Gasteiger partial charge >= 0.3 is 0 Å². The Morgan fingerprint density at radius 3 is 2.26 bits per heavy atom. The lowest BCUT2D eigenvalue weighted by Crippen LogP contribution is -2.32. The van der Waals surface area contributed by atoms with E-state index in [9.17, 15) is 0 Å². The standard InChI is InChI=1S/C14H23N3O2/c1-9-5-6-12(10(9)2)15-7-11-13(18-3)16-8-17-14(11)19-4/h8-10,12,15H,5-7H2,1-4H3. The number of rotatable bonds is 5. The molecule has 19 heavy (non-hydrogen) atoms. The van der Waals surface area contributed by atoms with Crippen molar-refractivity contribution in [1.82, 2.24) is 15.3 Å². The summed E-state index contributed by atoms with van der Waals surface area (Å²) < 4.78 is 10.6. The molecule has 0 amide bonds. The van der Waals surface area contributed by atoms with Crippen molar-refractivity contribution >= 4 is 0 Å². The first kappa shape index (κ1) is 14.1. The quantitative estimate of drug-likeness (QED) is 0.882.